The highest BCUT2D eigenvalue weighted by atomic mass is 16.6. The van der Waals surface area contributed by atoms with Crippen molar-refractivity contribution in [2.45, 2.75) is 91.6 Å². The number of nitrogens with one attached hydrogen (secondary N) is 1. The van der Waals surface area contributed by atoms with Crippen LogP contribution in [0.1, 0.15) is 67.4 Å². The fourth-order valence-electron chi connectivity index (χ4n) is 3.38. The summed E-state index contributed by atoms with van der Waals surface area (Å²) in [5.41, 5.74) is -0.0884. The number of hydrogen-bond donors (Lipinski definition) is 1. The topological polar surface area (TPSA) is 83.1 Å². The van der Waals surface area contributed by atoms with E-state index in [2.05, 4.69) is 12.2 Å². The van der Waals surface area contributed by atoms with Gasteiger partial charge in [-0.25, -0.2) is 9.59 Å². The molecule has 1 amide bonds. The molecule has 3 atom stereocenters. The predicted octanol–water partition coefficient (Wildman–Crippen LogP) is 4.90. The number of carbonyl (C=O) groups excluding carboxylic acids is 2. The van der Waals surface area contributed by atoms with Gasteiger partial charge in [-0.2, -0.15) is 0 Å². The zero-order valence-corrected chi connectivity index (χ0v) is 21.1. The van der Waals surface area contributed by atoms with Crippen LogP contribution in [0.15, 0.2) is 24.3 Å². The second kappa shape index (κ2) is 12.1. The number of hydrogen-bond acceptors (Lipinski definition) is 6. The Bertz CT molecular complexity index is 723. The maximum Gasteiger partial charge on any atom is 0.408 e. The monoisotopic (exact) mass is 451 g/mol. The van der Waals surface area contributed by atoms with Gasteiger partial charge in [0, 0.05) is 12.5 Å². The van der Waals surface area contributed by atoms with Gasteiger partial charge in [0.2, 0.25) is 0 Å². The smallest absolute Gasteiger partial charge is 0.408 e. The van der Waals surface area contributed by atoms with Crippen LogP contribution in [0.4, 0.5) is 4.79 Å². The van der Waals surface area contributed by atoms with Gasteiger partial charge in [-0.3, -0.25) is 0 Å². The van der Waals surface area contributed by atoms with E-state index >= 15 is 0 Å². The van der Waals surface area contributed by atoms with Gasteiger partial charge in [0.15, 0.2) is 0 Å². The van der Waals surface area contributed by atoms with Gasteiger partial charge in [0.05, 0.1) is 12.7 Å². The first-order chi connectivity index (χ1) is 14.8. The molecule has 1 aromatic carbocycles. The average molecular weight is 452 g/mol. The predicted molar refractivity (Wildman–Crippen MR) is 125 cm³/mol. The summed E-state index contributed by atoms with van der Waals surface area (Å²) in [6, 6.07) is 6.99. The molecule has 0 bridgehead atoms. The molecule has 1 N–H and O–H groups in total. The van der Waals surface area contributed by atoms with Gasteiger partial charge in [-0.05, 0) is 79.0 Å². The third kappa shape index (κ3) is 9.47. The molecular weight excluding hydrogens is 410 g/mol. The Morgan fingerprint density at radius 1 is 1.03 bits per heavy atom. The minimum atomic E-state index is -0.839. The number of ether oxygens (including phenoxy) is 4. The normalized spacial score (nSPS) is 14.8. The molecule has 7 heteroatoms. The molecule has 0 saturated heterocycles. The van der Waals surface area contributed by atoms with Crippen molar-refractivity contribution in [3.8, 4) is 5.75 Å². The quantitative estimate of drug-likeness (QED) is 0.482. The van der Waals surface area contributed by atoms with E-state index < -0.39 is 35.4 Å². The first-order valence-corrected chi connectivity index (χ1v) is 11.3. The molecular formula is C25H41NO6. The van der Waals surface area contributed by atoms with Crippen LogP contribution in [-0.4, -0.2) is 49.1 Å². The van der Waals surface area contributed by atoms with Crippen LogP contribution in [0, 0.1) is 5.92 Å². The Kier molecular flexibility index (Phi) is 10.5. The van der Waals surface area contributed by atoms with Gasteiger partial charge in [0.1, 0.15) is 23.5 Å². The number of carbonyl (C=O) groups is 2. The summed E-state index contributed by atoms with van der Waals surface area (Å²) in [6.45, 7) is 15.4. The van der Waals surface area contributed by atoms with E-state index in [1.54, 1.807) is 34.8 Å². The summed E-state index contributed by atoms with van der Waals surface area (Å²) >= 11 is 0. The molecule has 7 nitrogen and oxygen atoms in total. The van der Waals surface area contributed by atoms with Gasteiger partial charge in [0.25, 0.3) is 0 Å². The Labute approximate surface area is 193 Å². The van der Waals surface area contributed by atoms with Crippen LogP contribution >= 0.6 is 0 Å². The largest absolute Gasteiger partial charge is 0.497 e. The first-order valence-electron chi connectivity index (χ1n) is 11.3. The molecule has 0 aliphatic carbocycles. The maximum atomic E-state index is 12.7. The Morgan fingerprint density at radius 3 is 2.12 bits per heavy atom. The molecule has 1 aromatic rings. The van der Waals surface area contributed by atoms with Gasteiger partial charge in [-0.1, -0.05) is 19.1 Å². The molecule has 182 valence electrons. The van der Waals surface area contributed by atoms with Crippen molar-refractivity contribution in [3.63, 3.8) is 0 Å². The highest BCUT2D eigenvalue weighted by Gasteiger charge is 2.37. The minimum Gasteiger partial charge on any atom is -0.497 e. The minimum absolute atomic E-state index is 0.111. The van der Waals surface area contributed by atoms with Crippen molar-refractivity contribution in [2.24, 2.45) is 5.92 Å². The summed E-state index contributed by atoms with van der Waals surface area (Å²) < 4.78 is 22.4. The molecule has 0 radical (unpaired) electrons. The van der Waals surface area contributed by atoms with E-state index in [0.29, 0.717) is 13.0 Å². The Balaban J connectivity index is 2.92. The lowest BCUT2D eigenvalue weighted by Gasteiger charge is -2.38. The maximum absolute atomic E-state index is 12.7. The van der Waals surface area contributed by atoms with Crippen molar-refractivity contribution >= 4 is 12.1 Å². The second-order valence-electron chi connectivity index (χ2n) is 9.62. The van der Waals surface area contributed by atoms with Crippen molar-refractivity contribution in [2.75, 3.05) is 13.7 Å². The Morgan fingerprint density at radius 2 is 1.62 bits per heavy atom. The third-order valence-electron chi connectivity index (χ3n) is 5.14. The van der Waals surface area contributed by atoms with E-state index in [4.69, 9.17) is 18.9 Å². The fourth-order valence-corrected chi connectivity index (χ4v) is 3.38. The molecule has 0 aliphatic rings. The highest BCUT2D eigenvalue weighted by molar-refractivity contribution is 5.81. The molecule has 0 fully saturated rings. The first kappa shape index (κ1) is 27.8. The standard InChI is InChI=1S/C25H41NO6/c1-10-15-30-25(7,8)21(16-19-11-13-20(29-9)14-12-19)18(3)31-22(27)17(2)26-23(28)32-24(4,5)6/h11-14,17-18,21H,10,15-16H2,1-9H3,(H,26,28)/t17-,18-,21-/m0/s1. The molecule has 0 spiro atoms. The van der Waals surface area contributed by atoms with Crippen LogP contribution in [0.2, 0.25) is 0 Å². The summed E-state index contributed by atoms with van der Waals surface area (Å²) in [4.78, 5) is 24.7. The average Bonchev–Trinajstić information content (AvgIpc) is 2.69. The van der Waals surface area contributed by atoms with Gasteiger partial charge in [-0.15, -0.1) is 0 Å². The van der Waals surface area contributed by atoms with Crippen molar-refractivity contribution in [3.05, 3.63) is 29.8 Å². The van der Waals surface area contributed by atoms with Crippen molar-refractivity contribution in [1.29, 1.82) is 0 Å². The van der Waals surface area contributed by atoms with E-state index in [0.717, 1.165) is 17.7 Å². The van der Waals surface area contributed by atoms with E-state index in [1.165, 1.54) is 0 Å². The second-order valence-corrected chi connectivity index (χ2v) is 9.62. The van der Waals surface area contributed by atoms with E-state index in [1.807, 2.05) is 45.0 Å². The fraction of sp³-hybridized carbons (Fsp3) is 0.680. The van der Waals surface area contributed by atoms with Crippen LogP contribution in [0.5, 0.6) is 5.75 Å². The number of benzene rings is 1. The van der Waals surface area contributed by atoms with Crippen molar-refractivity contribution < 1.29 is 28.5 Å². The van der Waals surface area contributed by atoms with Crippen LogP contribution < -0.4 is 10.1 Å². The molecule has 0 heterocycles. The number of methoxy groups -OCH3 is 1. The van der Waals surface area contributed by atoms with Crippen LogP contribution in [0.3, 0.4) is 0 Å². The zero-order chi connectivity index (χ0) is 24.5. The summed E-state index contributed by atoms with van der Waals surface area (Å²) in [6.07, 6.45) is 0.447. The Hall–Kier alpha value is -2.28. The van der Waals surface area contributed by atoms with Crippen LogP contribution in [0.25, 0.3) is 0 Å². The SMILES string of the molecule is CCCOC(C)(C)[C@@H](Cc1ccc(OC)cc1)[C@H](C)OC(=O)[C@H](C)NC(=O)OC(C)(C)C. The van der Waals surface area contributed by atoms with Gasteiger partial charge < -0.3 is 24.3 Å². The highest BCUT2D eigenvalue weighted by Crippen LogP contribution is 2.31. The zero-order valence-electron chi connectivity index (χ0n) is 21.1. The number of esters is 1. The number of amides is 1. The molecule has 0 unspecified atom stereocenters. The number of rotatable bonds is 11. The lowest BCUT2D eigenvalue weighted by atomic mass is 9.81. The molecule has 32 heavy (non-hydrogen) atoms. The molecule has 0 saturated carbocycles. The molecule has 0 aromatic heterocycles. The molecule has 1 rings (SSSR count). The molecule has 0 aliphatic heterocycles. The number of alkyl carbamates (subject to hydrolysis) is 1. The third-order valence-corrected chi connectivity index (χ3v) is 5.14. The lowest BCUT2D eigenvalue weighted by molar-refractivity contribution is -0.161. The van der Waals surface area contributed by atoms with Crippen LogP contribution in [-0.2, 0) is 25.4 Å². The van der Waals surface area contributed by atoms with E-state index in [9.17, 15) is 9.59 Å². The summed E-state index contributed by atoms with van der Waals surface area (Å²) in [5.74, 6) is 0.155. The van der Waals surface area contributed by atoms with Gasteiger partial charge >= 0.3 is 12.1 Å². The van der Waals surface area contributed by atoms with Crippen molar-refractivity contribution in [1.82, 2.24) is 5.32 Å². The summed E-state index contributed by atoms with van der Waals surface area (Å²) in [5, 5.41) is 2.54. The summed E-state index contributed by atoms with van der Waals surface area (Å²) in [7, 11) is 1.63. The van der Waals surface area contributed by atoms with E-state index in [-0.39, 0.29) is 5.92 Å². The lowest BCUT2D eigenvalue weighted by Crippen LogP contribution is -2.47.